The van der Waals surface area contributed by atoms with Crippen LogP contribution in [0.4, 0.5) is 10.1 Å². The summed E-state index contributed by atoms with van der Waals surface area (Å²) < 4.78 is 13.7. The Morgan fingerprint density at radius 1 is 1.62 bits per heavy atom. The summed E-state index contributed by atoms with van der Waals surface area (Å²) >= 11 is 2.92. The number of aromatic carboxylic acids is 1. The molecule has 0 saturated carbocycles. The van der Waals surface area contributed by atoms with Crippen molar-refractivity contribution >= 4 is 33.5 Å². The van der Waals surface area contributed by atoms with Gasteiger partial charge < -0.3 is 10.0 Å². The number of halogens is 2. The number of anilines is 1. The van der Waals surface area contributed by atoms with Crippen molar-refractivity contribution in [2.45, 2.75) is 6.42 Å². The van der Waals surface area contributed by atoms with Crippen LogP contribution in [0.2, 0.25) is 0 Å². The Bertz CT molecular complexity index is 660. The first-order valence-corrected chi connectivity index (χ1v) is 6.77. The maximum atomic E-state index is 13.7. The maximum Gasteiger partial charge on any atom is 0.337 e. The fourth-order valence-electron chi connectivity index (χ4n) is 2.22. The normalized spacial score (nSPS) is 17.7. The second-order valence-electron chi connectivity index (χ2n) is 4.58. The van der Waals surface area contributed by atoms with E-state index >= 15 is 0 Å². The molecule has 1 unspecified atom stereocenters. The standard InChI is InChI=1S/C12H10BrFN4O3/c13-8-2-7(12(20)21)10(3-9(8)14)18-5-6(1-11(18)19)4-16-17-15/h2-3,6H,1,4-5H2,(H,20,21). The predicted molar refractivity (Wildman–Crippen MR) is 75.5 cm³/mol. The van der Waals surface area contributed by atoms with Crippen LogP contribution in [-0.4, -0.2) is 30.1 Å². The molecular formula is C12H10BrFN4O3. The zero-order valence-corrected chi connectivity index (χ0v) is 12.2. The molecule has 2 rings (SSSR count). The highest BCUT2D eigenvalue weighted by atomic mass is 79.9. The minimum Gasteiger partial charge on any atom is -0.478 e. The van der Waals surface area contributed by atoms with E-state index in [1.54, 1.807) is 0 Å². The number of carboxylic acids is 1. The summed E-state index contributed by atoms with van der Waals surface area (Å²) in [5, 5.41) is 12.6. The lowest BCUT2D eigenvalue weighted by molar-refractivity contribution is -0.117. The van der Waals surface area contributed by atoms with E-state index in [0.717, 1.165) is 12.1 Å². The summed E-state index contributed by atoms with van der Waals surface area (Å²) in [4.78, 5) is 27.1. The van der Waals surface area contributed by atoms with Gasteiger partial charge in [-0.15, -0.1) is 0 Å². The minimum atomic E-state index is -1.25. The van der Waals surface area contributed by atoms with Crippen molar-refractivity contribution in [3.8, 4) is 0 Å². The number of carboxylic acid groups (broad SMARTS) is 1. The van der Waals surface area contributed by atoms with E-state index in [1.807, 2.05) is 0 Å². The number of hydrogen-bond acceptors (Lipinski definition) is 3. The Kier molecular flexibility index (Phi) is 4.44. The summed E-state index contributed by atoms with van der Waals surface area (Å²) in [6, 6.07) is 2.14. The molecule has 1 aromatic carbocycles. The van der Waals surface area contributed by atoms with Gasteiger partial charge in [0, 0.05) is 24.4 Å². The van der Waals surface area contributed by atoms with E-state index in [9.17, 15) is 19.1 Å². The van der Waals surface area contributed by atoms with Crippen LogP contribution in [0, 0.1) is 11.7 Å². The van der Waals surface area contributed by atoms with Crippen LogP contribution in [0.25, 0.3) is 10.4 Å². The van der Waals surface area contributed by atoms with E-state index in [2.05, 4.69) is 26.0 Å². The molecule has 21 heavy (non-hydrogen) atoms. The minimum absolute atomic E-state index is 0.0108. The molecule has 1 atom stereocenters. The van der Waals surface area contributed by atoms with Gasteiger partial charge in [-0.2, -0.15) is 0 Å². The molecule has 1 aromatic rings. The van der Waals surface area contributed by atoms with Crippen LogP contribution >= 0.6 is 15.9 Å². The number of azide groups is 1. The van der Waals surface area contributed by atoms with Gasteiger partial charge in [0.25, 0.3) is 0 Å². The monoisotopic (exact) mass is 356 g/mol. The van der Waals surface area contributed by atoms with E-state index in [-0.39, 0.29) is 47.1 Å². The fourth-order valence-corrected chi connectivity index (χ4v) is 2.56. The second-order valence-corrected chi connectivity index (χ2v) is 5.43. The molecule has 1 fully saturated rings. The largest absolute Gasteiger partial charge is 0.478 e. The molecule has 1 aliphatic heterocycles. The van der Waals surface area contributed by atoms with E-state index in [0.29, 0.717) is 0 Å². The SMILES string of the molecule is [N-]=[N+]=NCC1CC(=O)N(c2cc(F)c(Br)cc2C(=O)O)C1. The van der Waals surface area contributed by atoms with Gasteiger partial charge in [-0.05, 0) is 39.5 Å². The topological polar surface area (TPSA) is 106 Å². The van der Waals surface area contributed by atoms with Crippen LogP contribution in [0.15, 0.2) is 21.7 Å². The van der Waals surface area contributed by atoms with Crippen LogP contribution in [0.3, 0.4) is 0 Å². The third kappa shape index (κ3) is 3.14. The molecule has 1 heterocycles. The molecule has 1 amide bonds. The van der Waals surface area contributed by atoms with Gasteiger partial charge in [0.1, 0.15) is 5.82 Å². The number of amides is 1. The van der Waals surface area contributed by atoms with Gasteiger partial charge in [0.2, 0.25) is 5.91 Å². The molecule has 0 radical (unpaired) electrons. The third-order valence-electron chi connectivity index (χ3n) is 3.17. The van der Waals surface area contributed by atoms with Crippen molar-refractivity contribution in [3.63, 3.8) is 0 Å². The van der Waals surface area contributed by atoms with Crippen molar-refractivity contribution in [2.24, 2.45) is 11.0 Å². The van der Waals surface area contributed by atoms with E-state index in [4.69, 9.17) is 5.53 Å². The average Bonchev–Trinajstić information content (AvgIpc) is 2.80. The zero-order valence-electron chi connectivity index (χ0n) is 10.7. The average molecular weight is 357 g/mol. The summed E-state index contributed by atoms with van der Waals surface area (Å²) in [5.74, 6) is -2.43. The van der Waals surface area contributed by atoms with Gasteiger partial charge in [-0.1, -0.05) is 5.11 Å². The number of hydrogen-bond donors (Lipinski definition) is 1. The summed E-state index contributed by atoms with van der Waals surface area (Å²) in [7, 11) is 0. The second kappa shape index (κ2) is 6.11. The molecule has 110 valence electrons. The van der Waals surface area contributed by atoms with Gasteiger partial charge >= 0.3 is 5.97 Å². The van der Waals surface area contributed by atoms with Crippen molar-refractivity contribution < 1.29 is 19.1 Å². The number of rotatable bonds is 4. The van der Waals surface area contributed by atoms with Crippen molar-refractivity contribution in [1.29, 1.82) is 0 Å². The summed E-state index contributed by atoms with van der Waals surface area (Å²) in [5.41, 5.74) is 8.13. The highest BCUT2D eigenvalue weighted by Crippen LogP contribution is 2.32. The highest BCUT2D eigenvalue weighted by molar-refractivity contribution is 9.10. The summed E-state index contributed by atoms with van der Waals surface area (Å²) in [6.07, 6.45) is 0.135. The van der Waals surface area contributed by atoms with Crippen molar-refractivity contribution in [1.82, 2.24) is 0 Å². The molecular weight excluding hydrogens is 347 g/mol. The first-order chi connectivity index (χ1) is 9.93. The molecule has 1 aliphatic rings. The molecule has 1 N–H and O–H groups in total. The Morgan fingerprint density at radius 3 is 2.95 bits per heavy atom. The van der Waals surface area contributed by atoms with Crippen LogP contribution in [0.1, 0.15) is 16.8 Å². The van der Waals surface area contributed by atoms with Gasteiger partial charge in [0.05, 0.1) is 15.7 Å². The summed E-state index contributed by atoms with van der Waals surface area (Å²) in [6.45, 7) is 0.333. The van der Waals surface area contributed by atoms with Gasteiger partial charge in [-0.25, -0.2) is 9.18 Å². The molecule has 1 saturated heterocycles. The van der Waals surface area contributed by atoms with E-state index < -0.39 is 11.8 Å². The van der Waals surface area contributed by atoms with Crippen LogP contribution < -0.4 is 4.90 Å². The third-order valence-corrected chi connectivity index (χ3v) is 3.78. The molecule has 0 aromatic heterocycles. The molecule has 0 aliphatic carbocycles. The zero-order chi connectivity index (χ0) is 15.6. The molecule has 0 spiro atoms. The Hall–Kier alpha value is -2.12. The Morgan fingerprint density at radius 2 is 2.33 bits per heavy atom. The lowest BCUT2D eigenvalue weighted by atomic mass is 10.1. The van der Waals surface area contributed by atoms with E-state index in [1.165, 1.54) is 4.90 Å². The fraction of sp³-hybridized carbons (Fsp3) is 0.333. The lowest BCUT2D eigenvalue weighted by Crippen LogP contribution is -2.27. The van der Waals surface area contributed by atoms with Crippen molar-refractivity contribution in [2.75, 3.05) is 18.0 Å². The first kappa shape index (κ1) is 15.3. The number of nitrogens with zero attached hydrogens (tertiary/aromatic N) is 4. The lowest BCUT2D eigenvalue weighted by Gasteiger charge is -2.19. The van der Waals surface area contributed by atoms with Gasteiger partial charge in [0.15, 0.2) is 0 Å². The molecule has 7 nitrogen and oxygen atoms in total. The molecule has 0 bridgehead atoms. The highest BCUT2D eigenvalue weighted by Gasteiger charge is 2.33. The number of carbonyl (C=O) groups is 2. The van der Waals surface area contributed by atoms with Gasteiger partial charge in [-0.3, -0.25) is 4.79 Å². The Labute approximate surface area is 127 Å². The first-order valence-electron chi connectivity index (χ1n) is 5.97. The Balaban J connectivity index is 2.37. The number of benzene rings is 1. The smallest absolute Gasteiger partial charge is 0.337 e. The molecule has 9 heteroatoms. The van der Waals surface area contributed by atoms with Crippen LogP contribution in [-0.2, 0) is 4.79 Å². The quantitative estimate of drug-likeness (QED) is 0.509. The number of carbonyl (C=O) groups excluding carboxylic acids is 1. The maximum absolute atomic E-state index is 13.7. The van der Waals surface area contributed by atoms with Crippen molar-refractivity contribution in [3.05, 3.63) is 38.4 Å². The predicted octanol–water partition coefficient (Wildman–Crippen LogP) is 2.95. The van der Waals surface area contributed by atoms with Crippen LogP contribution in [0.5, 0.6) is 0 Å².